The number of aliphatic carboxylic acids is 1. The van der Waals surface area contributed by atoms with E-state index in [-0.39, 0.29) is 5.76 Å². The first kappa shape index (κ1) is 12.7. The van der Waals surface area contributed by atoms with E-state index in [9.17, 15) is 9.59 Å². The second-order valence-electron chi connectivity index (χ2n) is 5.35. The van der Waals surface area contributed by atoms with E-state index in [2.05, 4.69) is 5.32 Å². The van der Waals surface area contributed by atoms with Gasteiger partial charge < -0.3 is 14.8 Å². The van der Waals surface area contributed by atoms with Crippen LogP contribution in [0.25, 0.3) is 11.0 Å². The molecular weight excluding hydrogens is 258 g/mol. The quantitative estimate of drug-likeness (QED) is 0.900. The third kappa shape index (κ3) is 1.78. The molecule has 1 fully saturated rings. The van der Waals surface area contributed by atoms with E-state index < -0.39 is 17.4 Å². The highest BCUT2D eigenvalue weighted by atomic mass is 16.4. The Morgan fingerprint density at radius 3 is 2.55 bits per heavy atom. The molecule has 1 aromatic carbocycles. The van der Waals surface area contributed by atoms with Crippen LogP contribution >= 0.6 is 0 Å². The summed E-state index contributed by atoms with van der Waals surface area (Å²) in [7, 11) is 0. The lowest BCUT2D eigenvalue weighted by Gasteiger charge is -2.11. The molecule has 3 rings (SSSR count). The van der Waals surface area contributed by atoms with Gasteiger partial charge in [0.15, 0.2) is 5.76 Å². The third-order valence-corrected chi connectivity index (χ3v) is 3.88. The van der Waals surface area contributed by atoms with Gasteiger partial charge in [-0.25, -0.2) is 4.79 Å². The number of rotatable bonds is 3. The summed E-state index contributed by atoms with van der Waals surface area (Å²) < 4.78 is 5.64. The second-order valence-corrected chi connectivity index (χ2v) is 5.35. The Hall–Kier alpha value is -2.30. The first-order valence-corrected chi connectivity index (χ1v) is 6.49. The Kier molecular flexibility index (Phi) is 2.61. The molecule has 1 aliphatic carbocycles. The number of carboxylic acid groups (broad SMARTS) is 1. The minimum Gasteiger partial charge on any atom is -0.480 e. The number of para-hydroxylation sites is 1. The summed E-state index contributed by atoms with van der Waals surface area (Å²) in [6.45, 7) is 3.72. The fourth-order valence-electron chi connectivity index (χ4n) is 2.39. The predicted octanol–water partition coefficient (Wildman–Crippen LogP) is 2.40. The number of carboxylic acids is 1. The molecule has 1 aliphatic rings. The molecule has 5 heteroatoms. The molecule has 0 saturated heterocycles. The van der Waals surface area contributed by atoms with Crippen LogP contribution in [0.2, 0.25) is 0 Å². The highest BCUT2D eigenvalue weighted by molar-refractivity contribution is 6.02. The van der Waals surface area contributed by atoms with E-state index in [0.29, 0.717) is 18.4 Å². The summed E-state index contributed by atoms with van der Waals surface area (Å²) in [5.41, 5.74) is 1.26. The molecule has 1 aromatic heterocycles. The topological polar surface area (TPSA) is 79.5 Å². The lowest BCUT2D eigenvalue weighted by Crippen LogP contribution is -2.43. The van der Waals surface area contributed by atoms with Crippen molar-refractivity contribution in [1.82, 2.24) is 5.32 Å². The lowest BCUT2D eigenvalue weighted by atomic mass is 10.1. The smallest absolute Gasteiger partial charge is 0.329 e. The zero-order valence-corrected chi connectivity index (χ0v) is 11.3. The van der Waals surface area contributed by atoms with E-state index in [1.165, 1.54) is 0 Å². The van der Waals surface area contributed by atoms with Gasteiger partial charge in [-0.15, -0.1) is 0 Å². The molecule has 0 unspecified atom stereocenters. The fraction of sp³-hybridized carbons (Fsp3) is 0.333. The number of carbonyl (C=O) groups is 2. The van der Waals surface area contributed by atoms with Crippen molar-refractivity contribution in [1.29, 1.82) is 0 Å². The molecule has 2 aromatic rings. The monoisotopic (exact) mass is 273 g/mol. The normalized spacial score (nSPS) is 16.1. The van der Waals surface area contributed by atoms with Crippen LogP contribution in [-0.4, -0.2) is 22.5 Å². The second kappa shape index (κ2) is 4.10. The van der Waals surface area contributed by atoms with Crippen LogP contribution in [0.1, 0.15) is 34.5 Å². The molecule has 0 spiro atoms. The molecule has 0 bridgehead atoms. The maximum atomic E-state index is 12.2. The number of benzene rings is 1. The van der Waals surface area contributed by atoms with E-state index in [0.717, 1.165) is 16.5 Å². The standard InChI is InChI=1S/C15H15NO4/c1-8-4-3-5-10-9(2)12(20-11(8)10)13(17)16-15(6-7-15)14(18)19/h3-5H,6-7H2,1-2H3,(H,16,17)(H,18,19). The van der Waals surface area contributed by atoms with Crippen molar-refractivity contribution in [3.05, 3.63) is 35.1 Å². The number of amides is 1. The molecule has 104 valence electrons. The van der Waals surface area contributed by atoms with Crippen LogP contribution in [0, 0.1) is 13.8 Å². The number of fused-ring (bicyclic) bond motifs is 1. The van der Waals surface area contributed by atoms with Crippen LogP contribution in [-0.2, 0) is 4.79 Å². The number of hydrogen-bond acceptors (Lipinski definition) is 3. The van der Waals surface area contributed by atoms with Crippen molar-refractivity contribution < 1.29 is 19.1 Å². The number of furan rings is 1. The zero-order chi connectivity index (χ0) is 14.5. The van der Waals surface area contributed by atoms with E-state index in [1.807, 2.05) is 25.1 Å². The van der Waals surface area contributed by atoms with Crippen LogP contribution in [0.15, 0.2) is 22.6 Å². The third-order valence-electron chi connectivity index (χ3n) is 3.88. The molecular formula is C15H15NO4. The van der Waals surface area contributed by atoms with Crippen LogP contribution in [0.3, 0.4) is 0 Å². The fourth-order valence-corrected chi connectivity index (χ4v) is 2.39. The van der Waals surface area contributed by atoms with Crippen LogP contribution < -0.4 is 5.32 Å². The SMILES string of the molecule is Cc1c(C(=O)NC2(C(=O)O)CC2)oc2c(C)cccc12. The summed E-state index contributed by atoms with van der Waals surface area (Å²) >= 11 is 0. The Morgan fingerprint density at radius 2 is 2.00 bits per heavy atom. The maximum Gasteiger partial charge on any atom is 0.329 e. The van der Waals surface area contributed by atoms with Gasteiger partial charge >= 0.3 is 5.97 Å². The van der Waals surface area contributed by atoms with Crippen molar-refractivity contribution >= 4 is 22.8 Å². The molecule has 0 aliphatic heterocycles. The Morgan fingerprint density at radius 1 is 1.30 bits per heavy atom. The molecule has 20 heavy (non-hydrogen) atoms. The average molecular weight is 273 g/mol. The minimum absolute atomic E-state index is 0.196. The van der Waals surface area contributed by atoms with Gasteiger partial charge in [0.2, 0.25) is 0 Å². The summed E-state index contributed by atoms with van der Waals surface area (Å²) in [4.78, 5) is 23.4. The molecule has 1 heterocycles. The van der Waals surface area contributed by atoms with Crippen molar-refractivity contribution in [3.8, 4) is 0 Å². The van der Waals surface area contributed by atoms with E-state index in [1.54, 1.807) is 6.92 Å². The Bertz CT molecular complexity index is 725. The summed E-state index contributed by atoms with van der Waals surface area (Å²) in [6, 6.07) is 5.70. The predicted molar refractivity (Wildman–Crippen MR) is 72.8 cm³/mol. The van der Waals surface area contributed by atoms with Crippen molar-refractivity contribution in [2.45, 2.75) is 32.2 Å². The summed E-state index contributed by atoms with van der Waals surface area (Å²) in [5.74, 6) is -1.25. The molecule has 2 N–H and O–H groups in total. The number of aryl methyl sites for hydroxylation is 2. The highest BCUT2D eigenvalue weighted by Crippen LogP contribution is 2.36. The van der Waals surface area contributed by atoms with Gasteiger partial charge in [-0.2, -0.15) is 0 Å². The van der Waals surface area contributed by atoms with Gasteiger partial charge in [0.1, 0.15) is 11.1 Å². The van der Waals surface area contributed by atoms with Gasteiger partial charge in [0.05, 0.1) is 0 Å². The Balaban J connectivity index is 1.98. The highest BCUT2D eigenvalue weighted by Gasteiger charge is 2.52. The molecule has 0 atom stereocenters. The van der Waals surface area contributed by atoms with Crippen molar-refractivity contribution in [2.24, 2.45) is 0 Å². The van der Waals surface area contributed by atoms with E-state index in [4.69, 9.17) is 9.52 Å². The molecule has 1 saturated carbocycles. The largest absolute Gasteiger partial charge is 0.480 e. The average Bonchev–Trinajstić information content (AvgIpc) is 3.09. The van der Waals surface area contributed by atoms with Crippen molar-refractivity contribution in [3.63, 3.8) is 0 Å². The number of hydrogen-bond donors (Lipinski definition) is 2. The van der Waals surface area contributed by atoms with Gasteiger partial charge in [0, 0.05) is 10.9 Å². The van der Waals surface area contributed by atoms with Gasteiger partial charge in [0.25, 0.3) is 5.91 Å². The Labute approximate surface area is 115 Å². The molecule has 0 radical (unpaired) electrons. The van der Waals surface area contributed by atoms with Crippen LogP contribution in [0.4, 0.5) is 0 Å². The summed E-state index contributed by atoms with van der Waals surface area (Å²) in [5, 5.41) is 12.6. The number of nitrogens with one attached hydrogen (secondary N) is 1. The maximum absolute atomic E-state index is 12.2. The minimum atomic E-state index is -1.10. The van der Waals surface area contributed by atoms with Crippen molar-refractivity contribution in [2.75, 3.05) is 0 Å². The van der Waals surface area contributed by atoms with Crippen LogP contribution in [0.5, 0.6) is 0 Å². The summed E-state index contributed by atoms with van der Waals surface area (Å²) in [6.07, 6.45) is 0.929. The first-order chi connectivity index (χ1) is 9.44. The van der Waals surface area contributed by atoms with Gasteiger partial charge in [-0.05, 0) is 32.3 Å². The molecule has 1 amide bonds. The lowest BCUT2D eigenvalue weighted by molar-refractivity contribution is -0.140. The van der Waals surface area contributed by atoms with Gasteiger partial charge in [-0.3, -0.25) is 4.79 Å². The van der Waals surface area contributed by atoms with E-state index >= 15 is 0 Å². The van der Waals surface area contributed by atoms with Gasteiger partial charge in [-0.1, -0.05) is 18.2 Å². The molecule has 5 nitrogen and oxygen atoms in total. The zero-order valence-electron chi connectivity index (χ0n) is 11.3. The first-order valence-electron chi connectivity index (χ1n) is 6.49. The number of carbonyl (C=O) groups excluding carboxylic acids is 1.